The molecule has 0 aromatic heterocycles. The van der Waals surface area contributed by atoms with E-state index in [0.29, 0.717) is 13.1 Å². The van der Waals surface area contributed by atoms with Crippen LogP contribution in [0.1, 0.15) is 29.7 Å². The lowest BCUT2D eigenvalue weighted by atomic mass is 9.92. The summed E-state index contributed by atoms with van der Waals surface area (Å²) in [6, 6.07) is 15.1. The molecule has 124 valence electrons. The van der Waals surface area contributed by atoms with Crippen molar-refractivity contribution in [3.05, 3.63) is 69.7 Å². The normalized spacial score (nSPS) is 16.4. The number of halogens is 1. The average Bonchev–Trinajstić information content (AvgIpc) is 2.59. The fourth-order valence-electron chi connectivity index (χ4n) is 3.08. The minimum absolute atomic E-state index is 0.0757. The van der Waals surface area contributed by atoms with Gasteiger partial charge in [0.25, 0.3) is 0 Å². The number of carbonyl (C=O) groups is 2. The predicted octanol–water partition coefficient (Wildman–Crippen LogP) is 3.21. The number of nitrogens with one attached hydrogen (secondary N) is 1. The maximum Gasteiger partial charge on any atom is 0.247 e. The Kier molecular flexibility index (Phi) is 5.00. The third-order valence-corrected chi connectivity index (χ3v) is 4.84. The summed E-state index contributed by atoms with van der Waals surface area (Å²) in [5.41, 5.74) is 3.08. The van der Waals surface area contributed by atoms with Crippen LogP contribution < -0.4 is 5.32 Å². The first-order valence-electron chi connectivity index (χ1n) is 7.93. The molecular weight excluding hydrogens is 368 g/mol. The van der Waals surface area contributed by atoms with E-state index >= 15 is 0 Å². The first-order valence-corrected chi connectivity index (χ1v) is 8.72. The van der Waals surface area contributed by atoms with Crippen LogP contribution in [0.25, 0.3) is 0 Å². The Balaban J connectivity index is 1.80. The summed E-state index contributed by atoms with van der Waals surface area (Å²) >= 11 is 3.40. The lowest BCUT2D eigenvalue weighted by Crippen LogP contribution is -2.46. The third-order valence-electron chi connectivity index (χ3n) is 4.32. The molecule has 2 aromatic carbocycles. The number of rotatable bonds is 3. The molecule has 0 saturated carbocycles. The van der Waals surface area contributed by atoms with Crippen molar-refractivity contribution in [3.63, 3.8) is 0 Å². The van der Waals surface area contributed by atoms with Crippen LogP contribution in [0, 0.1) is 0 Å². The van der Waals surface area contributed by atoms with Gasteiger partial charge in [-0.05, 0) is 35.2 Å². The molecule has 1 unspecified atom stereocenters. The molecule has 2 aromatic rings. The highest BCUT2D eigenvalue weighted by Crippen LogP contribution is 2.30. The van der Waals surface area contributed by atoms with Crippen molar-refractivity contribution >= 4 is 27.7 Å². The lowest BCUT2D eigenvalue weighted by Gasteiger charge is -2.35. The molecule has 3 rings (SSSR count). The van der Waals surface area contributed by atoms with Crippen LogP contribution >= 0.6 is 15.9 Å². The molecule has 0 saturated heterocycles. The SMILES string of the molecule is CC(=O)N1CCc2ccccc2C1C(=O)NCc1ccc(Br)cc1. The maximum absolute atomic E-state index is 12.8. The van der Waals surface area contributed by atoms with E-state index in [1.54, 1.807) is 4.90 Å². The Morgan fingerprint density at radius 2 is 1.88 bits per heavy atom. The van der Waals surface area contributed by atoms with E-state index in [1.165, 1.54) is 6.92 Å². The summed E-state index contributed by atoms with van der Waals surface area (Å²) < 4.78 is 1.00. The Morgan fingerprint density at radius 1 is 1.17 bits per heavy atom. The van der Waals surface area contributed by atoms with E-state index < -0.39 is 6.04 Å². The minimum atomic E-state index is -0.553. The van der Waals surface area contributed by atoms with E-state index in [9.17, 15) is 9.59 Å². The quantitative estimate of drug-likeness (QED) is 0.880. The molecule has 5 heteroatoms. The van der Waals surface area contributed by atoms with Crippen LogP contribution in [0.4, 0.5) is 0 Å². The topological polar surface area (TPSA) is 49.4 Å². The van der Waals surface area contributed by atoms with Crippen molar-refractivity contribution in [3.8, 4) is 0 Å². The zero-order chi connectivity index (χ0) is 17.1. The highest BCUT2D eigenvalue weighted by atomic mass is 79.9. The van der Waals surface area contributed by atoms with E-state index in [2.05, 4.69) is 21.2 Å². The highest BCUT2D eigenvalue weighted by Gasteiger charge is 2.34. The number of nitrogens with zero attached hydrogens (tertiary/aromatic N) is 1. The van der Waals surface area contributed by atoms with Gasteiger partial charge in [0.2, 0.25) is 11.8 Å². The van der Waals surface area contributed by atoms with Crippen molar-refractivity contribution in [2.75, 3.05) is 6.54 Å². The molecule has 1 heterocycles. The van der Waals surface area contributed by atoms with Gasteiger partial charge in [0.05, 0.1) is 0 Å². The number of hydrogen-bond donors (Lipinski definition) is 1. The van der Waals surface area contributed by atoms with Crippen molar-refractivity contribution in [2.24, 2.45) is 0 Å². The van der Waals surface area contributed by atoms with Gasteiger partial charge in [-0.25, -0.2) is 0 Å². The van der Waals surface area contributed by atoms with Crippen molar-refractivity contribution in [1.29, 1.82) is 0 Å². The van der Waals surface area contributed by atoms with Crippen LogP contribution in [0.3, 0.4) is 0 Å². The third kappa shape index (κ3) is 3.51. The second-order valence-electron chi connectivity index (χ2n) is 5.91. The molecule has 0 spiro atoms. The number of hydrogen-bond acceptors (Lipinski definition) is 2. The van der Waals surface area contributed by atoms with Gasteiger partial charge in [-0.2, -0.15) is 0 Å². The van der Waals surface area contributed by atoms with Crippen molar-refractivity contribution in [2.45, 2.75) is 25.9 Å². The smallest absolute Gasteiger partial charge is 0.247 e. The standard InChI is InChI=1S/C19H19BrN2O2/c1-13(23)22-11-10-15-4-2-3-5-17(15)18(22)19(24)21-12-14-6-8-16(20)9-7-14/h2-9,18H,10-12H2,1H3,(H,21,24). The Labute approximate surface area is 150 Å². The molecule has 1 N–H and O–H groups in total. The molecule has 1 atom stereocenters. The number of carbonyl (C=O) groups excluding carboxylic acids is 2. The molecule has 2 amide bonds. The van der Waals surface area contributed by atoms with Gasteiger partial charge in [-0.15, -0.1) is 0 Å². The van der Waals surface area contributed by atoms with Gasteiger partial charge in [0, 0.05) is 24.5 Å². The summed E-state index contributed by atoms with van der Waals surface area (Å²) in [6.07, 6.45) is 0.784. The fourth-order valence-corrected chi connectivity index (χ4v) is 3.34. The summed E-state index contributed by atoms with van der Waals surface area (Å²) in [5.74, 6) is -0.214. The Hall–Kier alpha value is -2.14. The van der Waals surface area contributed by atoms with Crippen molar-refractivity contribution in [1.82, 2.24) is 10.2 Å². The molecule has 0 bridgehead atoms. The largest absolute Gasteiger partial charge is 0.350 e. The first-order chi connectivity index (χ1) is 11.6. The molecule has 4 nitrogen and oxygen atoms in total. The molecule has 0 radical (unpaired) electrons. The van der Waals surface area contributed by atoms with Crippen LogP contribution in [0.2, 0.25) is 0 Å². The zero-order valence-corrected chi connectivity index (χ0v) is 15.0. The van der Waals surface area contributed by atoms with E-state index in [4.69, 9.17) is 0 Å². The van der Waals surface area contributed by atoms with Gasteiger partial charge >= 0.3 is 0 Å². The van der Waals surface area contributed by atoms with E-state index in [-0.39, 0.29) is 11.8 Å². The van der Waals surface area contributed by atoms with Crippen LogP contribution in [-0.4, -0.2) is 23.3 Å². The molecule has 0 aliphatic carbocycles. The number of benzene rings is 2. The number of fused-ring (bicyclic) bond motifs is 1. The summed E-state index contributed by atoms with van der Waals surface area (Å²) in [4.78, 5) is 26.4. The molecule has 1 aliphatic heterocycles. The second kappa shape index (κ2) is 7.18. The van der Waals surface area contributed by atoms with Gasteiger partial charge in [-0.1, -0.05) is 52.3 Å². The van der Waals surface area contributed by atoms with Crippen LogP contribution in [0.5, 0.6) is 0 Å². The summed E-state index contributed by atoms with van der Waals surface area (Å²) in [5, 5.41) is 2.97. The van der Waals surface area contributed by atoms with Gasteiger partial charge in [0.15, 0.2) is 0 Å². The molecule has 1 aliphatic rings. The van der Waals surface area contributed by atoms with E-state index in [0.717, 1.165) is 27.6 Å². The average molecular weight is 387 g/mol. The second-order valence-corrected chi connectivity index (χ2v) is 6.82. The summed E-state index contributed by atoms with van der Waals surface area (Å²) in [6.45, 7) is 2.53. The van der Waals surface area contributed by atoms with Crippen LogP contribution in [-0.2, 0) is 22.6 Å². The van der Waals surface area contributed by atoms with Gasteiger partial charge < -0.3 is 10.2 Å². The predicted molar refractivity (Wildman–Crippen MR) is 96.3 cm³/mol. The monoisotopic (exact) mass is 386 g/mol. The van der Waals surface area contributed by atoms with Crippen LogP contribution in [0.15, 0.2) is 53.0 Å². The number of amides is 2. The first kappa shape index (κ1) is 16.7. The Morgan fingerprint density at radius 3 is 2.58 bits per heavy atom. The molecule has 24 heavy (non-hydrogen) atoms. The highest BCUT2D eigenvalue weighted by molar-refractivity contribution is 9.10. The Bertz CT molecular complexity index is 758. The minimum Gasteiger partial charge on any atom is -0.350 e. The molecular formula is C19H19BrN2O2. The fraction of sp³-hybridized carbons (Fsp3) is 0.263. The molecule has 0 fully saturated rings. The maximum atomic E-state index is 12.8. The van der Waals surface area contributed by atoms with E-state index in [1.807, 2.05) is 48.5 Å². The van der Waals surface area contributed by atoms with Crippen molar-refractivity contribution < 1.29 is 9.59 Å². The lowest BCUT2D eigenvalue weighted by molar-refractivity contribution is -0.139. The summed E-state index contributed by atoms with van der Waals surface area (Å²) in [7, 11) is 0. The van der Waals surface area contributed by atoms with Gasteiger partial charge in [0.1, 0.15) is 6.04 Å². The van der Waals surface area contributed by atoms with Gasteiger partial charge in [-0.3, -0.25) is 9.59 Å². The zero-order valence-electron chi connectivity index (χ0n) is 13.5.